The van der Waals surface area contributed by atoms with Crippen molar-refractivity contribution in [2.75, 3.05) is 31.5 Å². The van der Waals surface area contributed by atoms with E-state index in [1.165, 1.54) is 0 Å². The third-order valence-corrected chi connectivity index (χ3v) is 4.08. The highest BCUT2D eigenvalue weighted by Crippen LogP contribution is 2.22. The van der Waals surface area contributed by atoms with Crippen LogP contribution in [0.5, 0.6) is 0 Å². The van der Waals surface area contributed by atoms with Crippen LogP contribution in [0.15, 0.2) is 24.7 Å². The number of imidazole rings is 1. The van der Waals surface area contributed by atoms with E-state index in [1.54, 1.807) is 30.2 Å². The molecule has 8 heteroatoms. The molecule has 2 aromatic rings. The third kappa shape index (κ3) is 2.82. The van der Waals surface area contributed by atoms with Crippen LogP contribution < -0.4 is 5.32 Å². The highest BCUT2D eigenvalue weighted by atomic mass is 16.2. The molecule has 0 aromatic carbocycles. The van der Waals surface area contributed by atoms with Crippen molar-refractivity contribution in [1.82, 2.24) is 29.5 Å². The monoisotopic (exact) mass is 303 g/mol. The zero-order chi connectivity index (χ0) is 15.5. The molecule has 0 unspecified atom stereocenters. The summed E-state index contributed by atoms with van der Waals surface area (Å²) in [6.07, 6.45) is 5.23. The van der Waals surface area contributed by atoms with E-state index in [2.05, 4.69) is 32.2 Å². The van der Waals surface area contributed by atoms with Crippen LogP contribution in [-0.4, -0.2) is 61.8 Å². The van der Waals surface area contributed by atoms with Crippen LogP contribution in [-0.2, 0) is 7.05 Å². The maximum absolute atomic E-state index is 12.5. The molecule has 0 saturated carbocycles. The van der Waals surface area contributed by atoms with Gasteiger partial charge in [-0.15, -0.1) is 0 Å². The lowest BCUT2D eigenvalue weighted by Crippen LogP contribution is -2.51. The van der Waals surface area contributed by atoms with Gasteiger partial charge in [0.15, 0.2) is 0 Å². The van der Waals surface area contributed by atoms with Gasteiger partial charge in [-0.1, -0.05) is 6.92 Å². The number of nitrogens with zero attached hydrogens (tertiary/aromatic N) is 5. The van der Waals surface area contributed by atoms with Gasteiger partial charge in [0, 0.05) is 45.1 Å². The minimum atomic E-state index is -0.101. The highest BCUT2D eigenvalue weighted by Gasteiger charge is 2.31. The first kappa shape index (κ1) is 14.6. The zero-order valence-electron chi connectivity index (χ0n) is 12.9. The molecule has 0 spiro atoms. The number of hydrogen-bond acceptors (Lipinski definition) is 4. The van der Waals surface area contributed by atoms with E-state index < -0.39 is 0 Å². The lowest BCUT2D eigenvalue weighted by atomic mass is 10.1. The van der Waals surface area contributed by atoms with Crippen molar-refractivity contribution in [3.8, 4) is 0 Å². The van der Waals surface area contributed by atoms with Crippen molar-refractivity contribution >= 4 is 11.8 Å². The number of carbonyl (C=O) groups excluding carboxylic acids is 1. The van der Waals surface area contributed by atoms with E-state index in [0.29, 0.717) is 18.9 Å². The number of rotatable bonds is 3. The van der Waals surface area contributed by atoms with Crippen LogP contribution in [0.3, 0.4) is 0 Å². The first-order valence-electron chi connectivity index (χ1n) is 7.46. The molecule has 2 amide bonds. The molecular formula is C14H21N7O. The predicted molar refractivity (Wildman–Crippen MR) is 82.4 cm³/mol. The number of nitrogens with one attached hydrogen (secondary N) is 2. The van der Waals surface area contributed by atoms with Crippen LogP contribution in [0.25, 0.3) is 0 Å². The summed E-state index contributed by atoms with van der Waals surface area (Å²) in [6, 6.07) is 1.78. The number of H-pyrrole nitrogens is 1. The summed E-state index contributed by atoms with van der Waals surface area (Å²) in [4.78, 5) is 24.1. The van der Waals surface area contributed by atoms with Gasteiger partial charge in [-0.05, 0) is 6.54 Å². The SMILES string of the molecule is CCN1CCN(C(=O)Nc2ccnn2C)C[C@@H]1c1ncc[nH]1. The van der Waals surface area contributed by atoms with Gasteiger partial charge < -0.3 is 9.88 Å². The van der Waals surface area contributed by atoms with Crippen molar-refractivity contribution in [3.63, 3.8) is 0 Å². The third-order valence-electron chi connectivity index (χ3n) is 4.08. The number of hydrogen-bond donors (Lipinski definition) is 2. The van der Waals surface area contributed by atoms with Gasteiger partial charge in [-0.2, -0.15) is 5.10 Å². The van der Waals surface area contributed by atoms with Gasteiger partial charge in [0.2, 0.25) is 0 Å². The number of anilines is 1. The second kappa shape index (κ2) is 6.18. The summed E-state index contributed by atoms with van der Waals surface area (Å²) < 4.78 is 1.64. The summed E-state index contributed by atoms with van der Waals surface area (Å²) in [5, 5.41) is 6.95. The molecule has 0 bridgehead atoms. The van der Waals surface area contributed by atoms with E-state index in [-0.39, 0.29) is 12.1 Å². The zero-order valence-corrected chi connectivity index (χ0v) is 12.9. The predicted octanol–water partition coefficient (Wildman–Crippen LogP) is 1.05. The Morgan fingerprint density at radius 1 is 1.45 bits per heavy atom. The van der Waals surface area contributed by atoms with Gasteiger partial charge in [0.05, 0.1) is 12.2 Å². The number of amides is 2. The summed E-state index contributed by atoms with van der Waals surface area (Å²) >= 11 is 0. The first-order valence-corrected chi connectivity index (χ1v) is 7.46. The van der Waals surface area contributed by atoms with Gasteiger partial charge >= 0.3 is 6.03 Å². The van der Waals surface area contributed by atoms with Crippen LogP contribution in [0.4, 0.5) is 10.6 Å². The lowest BCUT2D eigenvalue weighted by molar-refractivity contribution is 0.0946. The number of likely N-dealkylation sites (N-methyl/N-ethyl adjacent to an activating group) is 1. The van der Waals surface area contributed by atoms with Crippen LogP contribution >= 0.6 is 0 Å². The minimum absolute atomic E-state index is 0.101. The standard InChI is InChI=1S/C14H21N7O/c1-3-20-8-9-21(10-11(20)13-15-6-7-16-13)14(22)18-12-4-5-17-19(12)2/h4-7,11H,3,8-10H2,1-2H3,(H,15,16)(H,18,22)/t11-/m1/s1. The molecule has 2 N–H and O–H groups in total. The highest BCUT2D eigenvalue weighted by molar-refractivity contribution is 5.88. The number of piperazine rings is 1. The summed E-state index contributed by atoms with van der Waals surface area (Å²) in [7, 11) is 1.80. The molecule has 22 heavy (non-hydrogen) atoms. The largest absolute Gasteiger partial charge is 0.347 e. The van der Waals surface area contributed by atoms with E-state index in [4.69, 9.17) is 0 Å². The molecular weight excluding hydrogens is 282 g/mol. The fourth-order valence-corrected chi connectivity index (χ4v) is 2.79. The molecule has 0 aliphatic carbocycles. The fourth-order valence-electron chi connectivity index (χ4n) is 2.79. The number of carbonyl (C=O) groups is 1. The van der Waals surface area contributed by atoms with Gasteiger partial charge in [0.1, 0.15) is 11.6 Å². The molecule has 118 valence electrons. The van der Waals surface area contributed by atoms with E-state index in [0.717, 1.165) is 18.9 Å². The summed E-state index contributed by atoms with van der Waals surface area (Å²) in [5.41, 5.74) is 0. The van der Waals surface area contributed by atoms with Crippen LogP contribution in [0, 0.1) is 0 Å². The van der Waals surface area contributed by atoms with Crippen LogP contribution in [0.2, 0.25) is 0 Å². The Kier molecular flexibility index (Phi) is 4.10. The average Bonchev–Trinajstić information content (AvgIpc) is 3.19. The normalized spacial score (nSPS) is 19.4. The van der Waals surface area contributed by atoms with Crippen molar-refractivity contribution in [2.24, 2.45) is 7.05 Å². The maximum atomic E-state index is 12.5. The lowest BCUT2D eigenvalue weighted by Gasteiger charge is -2.39. The molecule has 3 heterocycles. The second-order valence-corrected chi connectivity index (χ2v) is 5.34. The van der Waals surface area contributed by atoms with Crippen molar-refractivity contribution in [1.29, 1.82) is 0 Å². The van der Waals surface area contributed by atoms with Gasteiger partial charge in [0.25, 0.3) is 0 Å². The first-order chi connectivity index (χ1) is 10.7. The Morgan fingerprint density at radius 3 is 2.95 bits per heavy atom. The van der Waals surface area contributed by atoms with Gasteiger partial charge in [-0.25, -0.2) is 9.78 Å². The Labute approximate surface area is 129 Å². The molecule has 1 fully saturated rings. The van der Waals surface area contributed by atoms with Crippen LogP contribution in [0.1, 0.15) is 18.8 Å². The van der Waals surface area contributed by atoms with Crippen molar-refractivity contribution in [2.45, 2.75) is 13.0 Å². The van der Waals surface area contributed by atoms with Crippen molar-refractivity contribution in [3.05, 3.63) is 30.5 Å². The Balaban J connectivity index is 1.70. The number of urea groups is 1. The van der Waals surface area contributed by atoms with Crippen molar-refractivity contribution < 1.29 is 4.79 Å². The fraction of sp³-hybridized carbons (Fsp3) is 0.500. The molecule has 0 radical (unpaired) electrons. The molecule has 3 rings (SSSR count). The quantitative estimate of drug-likeness (QED) is 0.888. The molecule has 1 aliphatic rings. The van der Waals surface area contributed by atoms with E-state index >= 15 is 0 Å². The van der Waals surface area contributed by atoms with Gasteiger partial charge in [-0.3, -0.25) is 14.9 Å². The van der Waals surface area contributed by atoms with E-state index in [9.17, 15) is 4.79 Å². The molecule has 1 atom stereocenters. The Hall–Kier alpha value is -2.35. The second-order valence-electron chi connectivity index (χ2n) is 5.34. The molecule has 2 aromatic heterocycles. The molecule has 1 aliphatic heterocycles. The summed E-state index contributed by atoms with van der Waals surface area (Å²) in [6.45, 7) is 5.21. The summed E-state index contributed by atoms with van der Waals surface area (Å²) in [5.74, 6) is 1.59. The Morgan fingerprint density at radius 2 is 2.32 bits per heavy atom. The maximum Gasteiger partial charge on any atom is 0.323 e. The molecule has 8 nitrogen and oxygen atoms in total. The smallest absolute Gasteiger partial charge is 0.323 e. The average molecular weight is 303 g/mol. The van der Waals surface area contributed by atoms with E-state index in [1.807, 2.05) is 11.1 Å². The minimum Gasteiger partial charge on any atom is -0.347 e. The molecule has 1 saturated heterocycles. The number of aromatic amines is 1. The Bertz CT molecular complexity index is 621. The topological polar surface area (TPSA) is 82.1 Å². The number of aromatic nitrogens is 4. The number of aryl methyl sites for hydroxylation is 1.